The molecule has 0 fully saturated rings. The summed E-state index contributed by atoms with van der Waals surface area (Å²) in [5.74, 6) is 0.704. The summed E-state index contributed by atoms with van der Waals surface area (Å²) in [5, 5.41) is 12.5. The molecule has 0 amide bonds. The Bertz CT molecular complexity index is 458. The summed E-state index contributed by atoms with van der Waals surface area (Å²) >= 11 is 0. The van der Waals surface area contributed by atoms with Crippen molar-refractivity contribution in [3.05, 3.63) is 22.9 Å². The van der Waals surface area contributed by atoms with Gasteiger partial charge in [-0.2, -0.15) is 5.26 Å². The summed E-state index contributed by atoms with van der Waals surface area (Å²) in [6.07, 6.45) is 5.40. The van der Waals surface area contributed by atoms with Gasteiger partial charge < -0.3 is 11.1 Å². The van der Waals surface area contributed by atoms with Crippen molar-refractivity contribution in [2.75, 3.05) is 11.9 Å². The second-order valence-corrected chi connectivity index (χ2v) is 4.79. The number of pyridine rings is 1. The van der Waals surface area contributed by atoms with Crippen molar-refractivity contribution in [1.29, 1.82) is 5.26 Å². The first-order valence-electron chi connectivity index (χ1n) is 6.68. The molecular formula is C14H20N4. The molecule has 0 spiro atoms. The van der Waals surface area contributed by atoms with Crippen molar-refractivity contribution in [2.45, 2.75) is 45.1 Å². The largest absolute Gasteiger partial charge is 0.365 e. The highest BCUT2D eigenvalue weighted by Gasteiger charge is 2.16. The molecule has 1 unspecified atom stereocenters. The van der Waals surface area contributed by atoms with E-state index in [0.29, 0.717) is 17.9 Å². The zero-order valence-corrected chi connectivity index (χ0v) is 10.9. The molecular weight excluding hydrogens is 224 g/mol. The Morgan fingerprint density at radius 2 is 2.28 bits per heavy atom. The lowest BCUT2D eigenvalue weighted by Gasteiger charge is -2.20. The van der Waals surface area contributed by atoms with Crippen molar-refractivity contribution in [1.82, 2.24) is 4.98 Å². The Kier molecular flexibility index (Phi) is 4.16. The van der Waals surface area contributed by atoms with E-state index in [0.717, 1.165) is 25.0 Å². The van der Waals surface area contributed by atoms with Gasteiger partial charge in [0.15, 0.2) is 0 Å². The first-order chi connectivity index (χ1) is 8.78. The molecule has 1 atom stereocenters. The Balaban J connectivity index is 2.31. The summed E-state index contributed by atoms with van der Waals surface area (Å²) in [6.45, 7) is 2.63. The molecule has 2 rings (SSSR count). The van der Waals surface area contributed by atoms with Crippen LogP contribution in [0, 0.1) is 11.3 Å². The molecule has 1 aliphatic carbocycles. The predicted molar refractivity (Wildman–Crippen MR) is 72.4 cm³/mol. The van der Waals surface area contributed by atoms with Crippen molar-refractivity contribution in [3.8, 4) is 6.07 Å². The first kappa shape index (κ1) is 12.8. The van der Waals surface area contributed by atoms with Gasteiger partial charge in [-0.1, -0.05) is 6.92 Å². The van der Waals surface area contributed by atoms with Crippen LogP contribution in [-0.4, -0.2) is 17.6 Å². The molecule has 96 valence electrons. The van der Waals surface area contributed by atoms with Crippen molar-refractivity contribution in [3.63, 3.8) is 0 Å². The first-order valence-corrected chi connectivity index (χ1v) is 6.68. The van der Waals surface area contributed by atoms with Crippen LogP contribution in [0.5, 0.6) is 0 Å². The molecule has 3 N–H and O–H groups in total. The van der Waals surface area contributed by atoms with E-state index in [1.165, 1.54) is 18.4 Å². The maximum atomic E-state index is 9.22. The van der Waals surface area contributed by atoms with E-state index in [1.54, 1.807) is 0 Å². The summed E-state index contributed by atoms with van der Waals surface area (Å²) in [5.41, 5.74) is 8.72. The van der Waals surface area contributed by atoms with Gasteiger partial charge in [0.2, 0.25) is 0 Å². The van der Waals surface area contributed by atoms with Gasteiger partial charge in [0.25, 0.3) is 0 Å². The molecule has 0 saturated carbocycles. The smallest absolute Gasteiger partial charge is 0.144 e. The zero-order chi connectivity index (χ0) is 13.0. The van der Waals surface area contributed by atoms with Crippen LogP contribution in [0.1, 0.15) is 43.0 Å². The Hall–Kier alpha value is -1.60. The molecule has 0 bridgehead atoms. The second-order valence-electron chi connectivity index (χ2n) is 4.79. The molecule has 1 aromatic heterocycles. The average molecular weight is 244 g/mol. The minimum absolute atomic E-state index is 0.186. The third-order valence-corrected chi connectivity index (χ3v) is 3.54. The second kappa shape index (κ2) is 5.83. The highest BCUT2D eigenvalue weighted by Crippen LogP contribution is 2.24. The predicted octanol–water partition coefficient (Wildman–Crippen LogP) is 1.98. The number of fused-ring (bicyclic) bond motifs is 1. The molecule has 0 aromatic carbocycles. The molecule has 0 radical (unpaired) electrons. The van der Waals surface area contributed by atoms with Crippen LogP contribution in [0.3, 0.4) is 0 Å². The number of anilines is 1. The van der Waals surface area contributed by atoms with Crippen LogP contribution in [0.25, 0.3) is 0 Å². The zero-order valence-electron chi connectivity index (χ0n) is 10.9. The number of hydrogen-bond donors (Lipinski definition) is 2. The number of hydrogen-bond acceptors (Lipinski definition) is 4. The van der Waals surface area contributed by atoms with E-state index >= 15 is 0 Å². The van der Waals surface area contributed by atoms with E-state index in [2.05, 4.69) is 23.3 Å². The van der Waals surface area contributed by atoms with E-state index in [1.807, 2.05) is 6.07 Å². The molecule has 1 aromatic rings. The summed E-state index contributed by atoms with van der Waals surface area (Å²) < 4.78 is 0. The maximum Gasteiger partial charge on any atom is 0.144 e. The van der Waals surface area contributed by atoms with Gasteiger partial charge in [0.05, 0.1) is 5.56 Å². The van der Waals surface area contributed by atoms with Gasteiger partial charge in [0.1, 0.15) is 11.9 Å². The van der Waals surface area contributed by atoms with Crippen LogP contribution < -0.4 is 11.1 Å². The van der Waals surface area contributed by atoms with Gasteiger partial charge in [-0.3, -0.25) is 0 Å². The highest BCUT2D eigenvalue weighted by atomic mass is 15.0. The number of nitriles is 1. The van der Waals surface area contributed by atoms with Gasteiger partial charge >= 0.3 is 0 Å². The van der Waals surface area contributed by atoms with Gasteiger partial charge in [0, 0.05) is 18.3 Å². The fourth-order valence-corrected chi connectivity index (χ4v) is 2.35. The summed E-state index contributed by atoms with van der Waals surface area (Å²) in [4.78, 5) is 4.63. The third-order valence-electron chi connectivity index (χ3n) is 3.54. The lowest BCUT2D eigenvalue weighted by atomic mass is 9.95. The summed E-state index contributed by atoms with van der Waals surface area (Å²) in [6, 6.07) is 4.41. The Morgan fingerprint density at radius 3 is 2.94 bits per heavy atom. The number of nitrogens with two attached hydrogens (primary N) is 1. The molecule has 4 nitrogen and oxygen atoms in total. The van der Waals surface area contributed by atoms with Crippen LogP contribution in [0.15, 0.2) is 6.07 Å². The molecule has 0 aliphatic heterocycles. The van der Waals surface area contributed by atoms with Crippen molar-refractivity contribution < 1.29 is 0 Å². The monoisotopic (exact) mass is 244 g/mol. The topological polar surface area (TPSA) is 74.7 Å². The summed E-state index contributed by atoms with van der Waals surface area (Å²) in [7, 11) is 0. The Morgan fingerprint density at radius 1 is 1.50 bits per heavy atom. The number of nitrogens with zero attached hydrogens (tertiary/aromatic N) is 2. The number of aromatic nitrogens is 1. The van der Waals surface area contributed by atoms with E-state index in [9.17, 15) is 5.26 Å². The van der Waals surface area contributed by atoms with Gasteiger partial charge in [-0.05, 0) is 43.7 Å². The van der Waals surface area contributed by atoms with E-state index in [4.69, 9.17) is 5.73 Å². The average Bonchev–Trinajstić information content (AvgIpc) is 2.43. The number of nitrogens with one attached hydrogen (secondary N) is 1. The number of aryl methyl sites for hydroxylation is 2. The minimum atomic E-state index is 0.186. The molecule has 18 heavy (non-hydrogen) atoms. The Labute approximate surface area is 108 Å². The van der Waals surface area contributed by atoms with Crippen LogP contribution in [0.4, 0.5) is 5.82 Å². The fraction of sp³-hybridized carbons (Fsp3) is 0.571. The van der Waals surface area contributed by atoms with Crippen LogP contribution in [-0.2, 0) is 12.8 Å². The van der Waals surface area contributed by atoms with E-state index < -0.39 is 0 Å². The maximum absolute atomic E-state index is 9.22. The fourth-order valence-electron chi connectivity index (χ4n) is 2.35. The standard InChI is InChI=1S/C14H20N4/c1-2-12(9-16)17-14-11(8-15)7-10-5-3-4-6-13(10)18-14/h7,12H,2-6,9,16H2,1H3,(H,17,18). The van der Waals surface area contributed by atoms with Gasteiger partial charge in [-0.15, -0.1) is 0 Å². The number of rotatable bonds is 4. The normalized spacial score (nSPS) is 15.6. The minimum Gasteiger partial charge on any atom is -0.365 e. The lowest BCUT2D eigenvalue weighted by Crippen LogP contribution is -2.29. The highest BCUT2D eigenvalue weighted by molar-refractivity contribution is 5.55. The molecule has 0 saturated heterocycles. The van der Waals surface area contributed by atoms with Crippen LogP contribution >= 0.6 is 0 Å². The van der Waals surface area contributed by atoms with Gasteiger partial charge in [-0.25, -0.2) is 4.98 Å². The van der Waals surface area contributed by atoms with Crippen molar-refractivity contribution in [2.24, 2.45) is 5.73 Å². The van der Waals surface area contributed by atoms with E-state index in [-0.39, 0.29) is 6.04 Å². The SMILES string of the molecule is CCC(CN)Nc1nc2c(cc1C#N)CCCC2. The molecule has 1 aliphatic rings. The molecule has 4 heteroatoms. The van der Waals surface area contributed by atoms with Crippen molar-refractivity contribution >= 4 is 5.82 Å². The lowest BCUT2D eigenvalue weighted by molar-refractivity contribution is 0.662. The third kappa shape index (κ3) is 2.62. The van der Waals surface area contributed by atoms with Crippen LogP contribution in [0.2, 0.25) is 0 Å². The quantitative estimate of drug-likeness (QED) is 0.849. The molecule has 1 heterocycles.